The van der Waals surface area contributed by atoms with Gasteiger partial charge in [-0.05, 0) is 25.7 Å². The molecule has 0 rings (SSSR count). The van der Waals surface area contributed by atoms with Crippen LogP contribution >= 0.6 is 0 Å². The molecule has 0 nitrogen and oxygen atoms in total. The van der Waals surface area contributed by atoms with E-state index in [9.17, 15) is 0 Å². The summed E-state index contributed by atoms with van der Waals surface area (Å²) in [5.74, 6) is 0. The van der Waals surface area contributed by atoms with E-state index < -0.39 is 0 Å². The van der Waals surface area contributed by atoms with Gasteiger partial charge in [0.1, 0.15) is 0 Å². The lowest BCUT2D eigenvalue weighted by atomic mass is 10.1. The van der Waals surface area contributed by atoms with Crippen LogP contribution in [-0.4, -0.2) is 0 Å². The van der Waals surface area contributed by atoms with E-state index in [-0.39, 0.29) is 0 Å². The van der Waals surface area contributed by atoms with E-state index in [0.29, 0.717) is 0 Å². The Kier molecular flexibility index (Phi) is 15.5. The molecule has 0 fully saturated rings. The second-order valence-corrected chi connectivity index (χ2v) is 5.23. The molecule has 0 atom stereocenters. The Morgan fingerprint density at radius 1 is 0.471 bits per heavy atom. The van der Waals surface area contributed by atoms with Crippen LogP contribution in [0.15, 0.2) is 12.2 Å². The maximum absolute atomic E-state index is 2.40. The van der Waals surface area contributed by atoms with Crippen molar-refractivity contribution in [2.24, 2.45) is 0 Å². The van der Waals surface area contributed by atoms with Gasteiger partial charge in [-0.3, -0.25) is 0 Å². The van der Waals surface area contributed by atoms with Crippen LogP contribution in [0.5, 0.6) is 0 Å². The van der Waals surface area contributed by atoms with Crippen LogP contribution in [0, 0.1) is 0 Å². The lowest BCUT2D eigenvalue weighted by Crippen LogP contribution is -1.79. The number of rotatable bonds is 13. The first-order valence-electron chi connectivity index (χ1n) is 8.06. The molecule has 102 valence electrons. The SMILES string of the molecule is CCCCCC/C=C/CCCCCCCCC. The molecular weight excluding hydrogens is 204 g/mol. The minimum Gasteiger partial charge on any atom is -0.0885 e. The maximum atomic E-state index is 2.40. The molecule has 0 aromatic rings. The summed E-state index contributed by atoms with van der Waals surface area (Å²) in [5.41, 5.74) is 0. The Balaban J connectivity index is 2.99. The highest BCUT2D eigenvalue weighted by molar-refractivity contribution is 4.81. The lowest BCUT2D eigenvalue weighted by molar-refractivity contribution is 0.591. The van der Waals surface area contributed by atoms with Crippen LogP contribution in [0.1, 0.15) is 97.3 Å². The van der Waals surface area contributed by atoms with Crippen molar-refractivity contribution in [3.8, 4) is 0 Å². The zero-order chi connectivity index (χ0) is 12.6. The molecule has 0 aromatic heterocycles. The molecule has 0 unspecified atom stereocenters. The van der Waals surface area contributed by atoms with Gasteiger partial charge in [0.15, 0.2) is 0 Å². The Morgan fingerprint density at radius 2 is 0.824 bits per heavy atom. The Morgan fingerprint density at radius 3 is 1.29 bits per heavy atom. The van der Waals surface area contributed by atoms with E-state index in [1.807, 2.05) is 0 Å². The van der Waals surface area contributed by atoms with Gasteiger partial charge in [0.25, 0.3) is 0 Å². The average molecular weight is 238 g/mol. The van der Waals surface area contributed by atoms with Gasteiger partial charge in [-0.25, -0.2) is 0 Å². The molecule has 0 aliphatic carbocycles. The van der Waals surface area contributed by atoms with Crippen LogP contribution in [0.4, 0.5) is 0 Å². The summed E-state index contributed by atoms with van der Waals surface area (Å²) in [7, 11) is 0. The molecule has 0 aliphatic heterocycles. The van der Waals surface area contributed by atoms with E-state index >= 15 is 0 Å². The van der Waals surface area contributed by atoms with Crippen LogP contribution in [-0.2, 0) is 0 Å². The van der Waals surface area contributed by atoms with Gasteiger partial charge in [0.05, 0.1) is 0 Å². The summed E-state index contributed by atoms with van der Waals surface area (Å²) >= 11 is 0. The third kappa shape index (κ3) is 15.7. The summed E-state index contributed by atoms with van der Waals surface area (Å²) in [4.78, 5) is 0. The summed E-state index contributed by atoms with van der Waals surface area (Å²) in [6, 6.07) is 0. The van der Waals surface area contributed by atoms with Gasteiger partial charge >= 0.3 is 0 Å². The number of hydrogen-bond acceptors (Lipinski definition) is 0. The first-order valence-corrected chi connectivity index (χ1v) is 8.06. The zero-order valence-corrected chi connectivity index (χ0v) is 12.3. The molecule has 0 radical (unpaired) electrons. The highest BCUT2D eigenvalue weighted by Crippen LogP contribution is 2.09. The van der Waals surface area contributed by atoms with Crippen molar-refractivity contribution in [1.29, 1.82) is 0 Å². The molecule has 0 heterocycles. The third-order valence-corrected chi connectivity index (χ3v) is 3.37. The molecule has 0 saturated carbocycles. The van der Waals surface area contributed by atoms with Crippen molar-refractivity contribution >= 4 is 0 Å². The van der Waals surface area contributed by atoms with Gasteiger partial charge in [0, 0.05) is 0 Å². The highest BCUT2D eigenvalue weighted by atomic mass is 14.0. The van der Waals surface area contributed by atoms with Gasteiger partial charge in [-0.2, -0.15) is 0 Å². The van der Waals surface area contributed by atoms with Crippen molar-refractivity contribution in [3.05, 3.63) is 12.2 Å². The van der Waals surface area contributed by atoms with Crippen molar-refractivity contribution in [2.45, 2.75) is 97.3 Å². The van der Waals surface area contributed by atoms with Crippen molar-refractivity contribution in [3.63, 3.8) is 0 Å². The molecule has 0 bridgehead atoms. The molecule has 0 aliphatic rings. The van der Waals surface area contributed by atoms with E-state index in [4.69, 9.17) is 0 Å². The number of hydrogen-bond donors (Lipinski definition) is 0. The molecule has 17 heavy (non-hydrogen) atoms. The minimum atomic E-state index is 1.30. The van der Waals surface area contributed by atoms with Gasteiger partial charge in [-0.1, -0.05) is 83.8 Å². The van der Waals surface area contributed by atoms with Gasteiger partial charge < -0.3 is 0 Å². The quantitative estimate of drug-likeness (QED) is 0.249. The average Bonchev–Trinajstić information content (AvgIpc) is 2.35. The predicted octanol–water partition coefficient (Wildman–Crippen LogP) is 6.65. The topological polar surface area (TPSA) is 0 Å². The smallest absolute Gasteiger partial charge is 0.0351 e. The van der Waals surface area contributed by atoms with E-state index in [1.54, 1.807) is 0 Å². The fourth-order valence-corrected chi connectivity index (χ4v) is 2.14. The fraction of sp³-hybridized carbons (Fsp3) is 0.882. The fourth-order valence-electron chi connectivity index (χ4n) is 2.14. The van der Waals surface area contributed by atoms with Crippen molar-refractivity contribution < 1.29 is 0 Å². The van der Waals surface area contributed by atoms with Crippen molar-refractivity contribution in [2.75, 3.05) is 0 Å². The zero-order valence-electron chi connectivity index (χ0n) is 12.3. The van der Waals surface area contributed by atoms with E-state index in [1.165, 1.54) is 83.5 Å². The predicted molar refractivity (Wildman–Crippen MR) is 80.5 cm³/mol. The van der Waals surface area contributed by atoms with Crippen molar-refractivity contribution in [1.82, 2.24) is 0 Å². The Labute approximate surface area is 110 Å². The summed E-state index contributed by atoms with van der Waals surface area (Å²) in [6.45, 7) is 4.56. The van der Waals surface area contributed by atoms with E-state index in [2.05, 4.69) is 26.0 Å². The largest absolute Gasteiger partial charge is 0.0885 e. The Bertz CT molecular complexity index is 146. The molecule has 0 saturated heterocycles. The first-order chi connectivity index (χ1) is 8.41. The van der Waals surface area contributed by atoms with Crippen LogP contribution in [0.3, 0.4) is 0 Å². The second kappa shape index (κ2) is 15.7. The molecule has 0 aromatic carbocycles. The van der Waals surface area contributed by atoms with Gasteiger partial charge in [-0.15, -0.1) is 0 Å². The lowest BCUT2D eigenvalue weighted by Gasteiger charge is -1.99. The third-order valence-electron chi connectivity index (χ3n) is 3.37. The summed E-state index contributed by atoms with van der Waals surface area (Å²) in [6.07, 6.45) is 22.9. The molecule has 0 amide bonds. The highest BCUT2D eigenvalue weighted by Gasteiger charge is 1.89. The molecule has 0 N–H and O–H groups in total. The number of allylic oxidation sites excluding steroid dienone is 2. The number of unbranched alkanes of at least 4 members (excludes halogenated alkanes) is 11. The standard InChI is InChI=1S/C17H34/c1-3-5-7-9-11-13-15-17-16-14-12-10-8-6-4-2/h13,15H,3-12,14,16-17H2,1-2H3/b15-13+. The van der Waals surface area contributed by atoms with Crippen LogP contribution in [0.2, 0.25) is 0 Å². The molecule has 0 spiro atoms. The van der Waals surface area contributed by atoms with E-state index in [0.717, 1.165) is 0 Å². The minimum absolute atomic E-state index is 1.30. The summed E-state index contributed by atoms with van der Waals surface area (Å²) in [5, 5.41) is 0. The normalized spacial score (nSPS) is 11.4. The summed E-state index contributed by atoms with van der Waals surface area (Å²) < 4.78 is 0. The van der Waals surface area contributed by atoms with Gasteiger partial charge in [0.2, 0.25) is 0 Å². The Hall–Kier alpha value is -0.260. The van der Waals surface area contributed by atoms with Crippen LogP contribution < -0.4 is 0 Å². The monoisotopic (exact) mass is 238 g/mol. The second-order valence-electron chi connectivity index (χ2n) is 5.23. The maximum Gasteiger partial charge on any atom is -0.0351 e. The van der Waals surface area contributed by atoms with Crippen LogP contribution in [0.25, 0.3) is 0 Å². The first kappa shape index (κ1) is 16.7. The molecule has 0 heteroatoms. The molecular formula is C17H34.